The standard InChI is InChI=1S/C7H10B2/c8-5-6-2-1-3-7(9)4-6/h1-4H,5,8-9H2. The minimum absolute atomic E-state index is 1.14. The lowest BCUT2D eigenvalue weighted by Crippen LogP contribution is -2.01. The molecule has 0 bridgehead atoms. The maximum atomic E-state index is 2.22. The van der Waals surface area contributed by atoms with E-state index < -0.39 is 0 Å². The van der Waals surface area contributed by atoms with Crippen LogP contribution in [0.25, 0.3) is 0 Å². The summed E-state index contributed by atoms with van der Waals surface area (Å²) in [5.74, 6) is 0. The molecule has 1 rings (SSSR count). The number of rotatable bonds is 1. The lowest BCUT2D eigenvalue weighted by molar-refractivity contribution is 1.42. The quantitative estimate of drug-likeness (QED) is 0.416. The maximum Gasteiger partial charge on any atom is 0.139 e. The fraction of sp³-hybridized carbons (Fsp3) is 0.143. The lowest BCUT2D eigenvalue weighted by atomic mass is 9.90. The molecule has 0 aliphatic rings. The van der Waals surface area contributed by atoms with Crippen molar-refractivity contribution in [2.75, 3.05) is 0 Å². The summed E-state index contributed by atoms with van der Waals surface area (Å²) in [4.78, 5) is 0. The van der Waals surface area contributed by atoms with E-state index in [0.29, 0.717) is 0 Å². The summed E-state index contributed by atoms with van der Waals surface area (Å²) in [5, 5.41) is 0. The normalized spacial score (nSPS) is 9.33. The molecule has 0 aliphatic heterocycles. The van der Waals surface area contributed by atoms with Gasteiger partial charge in [0, 0.05) is 0 Å². The van der Waals surface area contributed by atoms with Crippen molar-refractivity contribution in [1.82, 2.24) is 0 Å². The number of benzene rings is 1. The van der Waals surface area contributed by atoms with Crippen molar-refractivity contribution < 1.29 is 0 Å². The Kier molecular flexibility index (Phi) is 1.99. The van der Waals surface area contributed by atoms with Gasteiger partial charge >= 0.3 is 0 Å². The van der Waals surface area contributed by atoms with Crippen molar-refractivity contribution in [2.45, 2.75) is 6.32 Å². The monoisotopic (exact) mass is 116 g/mol. The van der Waals surface area contributed by atoms with Crippen LogP contribution in [0.4, 0.5) is 0 Å². The first-order valence-corrected chi connectivity index (χ1v) is 3.38. The summed E-state index contributed by atoms with van der Waals surface area (Å²) in [6, 6.07) is 8.61. The minimum atomic E-state index is 1.14. The highest BCUT2D eigenvalue weighted by molar-refractivity contribution is 6.32. The van der Waals surface area contributed by atoms with Crippen LogP contribution in [0.15, 0.2) is 24.3 Å². The summed E-state index contributed by atoms with van der Waals surface area (Å²) in [6.07, 6.45) is 1.14. The predicted octanol–water partition coefficient (Wildman–Crippen LogP) is -0.922. The van der Waals surface area contributed by atoms with E-state index in [9.17, 15) is 0 Å². The molecular formula is C7H10B2. The highest BCUT2D eigenvalue weighted by Crippen LogP contribution is 1.93. The highest BCUT2D eigenvalue weighted by atomic mass is 13.9. The molecule has 0 fully saturated rings. The van der Waals surface area contributed by atoms with Crippen LogP contribution in [0.1, 0.15) is 5.56 Å². The Labute approximate surface area is 58.1 Å². The zero-order valence-corrected chi connectivity index (χ0v) is 6.02. The molecule has 1 aromatic carbocycles. The number of hydrogen-bond donors (Lipinski definition) is 0. The van der Waals surface area contributed by atoms with Crippen molar-refractivity contribution in [2.24, 2.45) is 0 Å². The molecule has 0 amide bonds. The van der Waals surface area contributed by atoms with E-state index in [1.165, 1.54) is 11.0 Å². The fourth-order valence-electron chi connectivity index (χ4n) is 0.932. The van der Waals surface area contributed by atoms with Gasteiger partial charge in [-0.05, 0) is 0 Å². The van der Waals surface area contributed by atoms with E-state index in [2.05, 4.69) is 40.0 Å². The Morgan fingerprint density at radius 1 is 1.33 bits per heavy atom. The van der Waals surface area contributed by atoms with E-state index in [-0.39, 0.29) is 0 Å². The molecule has 0 radical (unpaired) electrons. The summed E-state index contributed by atoms with van der Waals surface area (Å²) < 4.78 is 0. The first kappa shape index (κ1) is 6.47. The van der Waals surface area contributed by atoms with Crippen molar-refractivity contribution >= 4 is 21.2 Å². The van der Waals surface area contributed by atoms with E-state index in [0.717, 1.165) is 6.32 Å². The first-order chi connectivity index (χ1) is 4.33. The molecule has 0 heterocycles. The third kappa shape index (κ3) is 1.63. The van der Waals surface area contributed by atoms with Crippen LogP contribution < -0.4 is 5.46 Å². The topological polar surface area (TPSA) is 0 Å². The van der Waals surface area contributed by atoms with Crippen LogP contribution >= 0.6 is 0 Å². The van der Waals surface area contributed by atoms with Gasteiger partial charge in [0.15, 0.2) is 0 Å². The van der Waals surface area contributed by atoms with Crippen molar-refractivity contribution in [3.8, 4) is 0 Å². The molecule has 1 aromatic rings. The van der Waals surface area contributed by atoms with Gasteiger partial charge in [-0.1, -0.05) is 41.6 Å². The van der Waals surface area contributed by atoms with Crippen LogP contribution in [0, 0.1) is 0 Å². The molecule has 0 aromatic heterocycles. The summed E-state index contributed by atoms with van der Waals surface area (Å²) in [6.45, 7) is 0. The molecular weight excluding hydrogens is 106 g/mol. The predicted molar refractivity (Wildman–Crippen MR) is 46.9 cm³/mol. The second kappa shape index (κ2) is 2.77. The van der Waals surface area contributed by atoms with Crippen LogP contribution in [-0.4, -0.2) is 15.7 Å². The second-order valence-corrected chi connectivity index (χ2v) is 2.34. The van der Waals surface area contributed by atoms with Gasteiger partial charge < -0.3 is 0 Å². The van der Waals surface area contributed by atoms with E-state index >= 15 is 0 Å². The third-order valence-electron chi connectivity index (χ3n) is 1.49. The average Bonchev–Trinajstić information content (AvgIpc) is 1.88. The number of hydrogen-bond acceptors (Lipinski definition) is 0. The zero-order valence-electron chi connectivity index (χ0n) is 6.02. The zero-order chi connectivity index (χ0) is 6.69. The Morgan fingerprint density at radius 2 is 2.11 bits per heavy atom. The van der Waals surface area contributed by atoms with Crippen molar-refractivity contribution in [1.29, 1.82) is 0 Å². The summed E-state index contributed by atoms with van der Waals surface area (Å²) in [7, 11) is 4.30. The van der Waals surface area contributed by atoms with Crippen molar-refractivity contribution in [3.63, 3.8) is 0 Å². The van der Waals surface area contributed by atoms with Gasteiger partial charge in [-0.3, -0.25) is 0 Å². The molecule has 0 spiro atoms. The van der Waals surface area contributed by atoms with Gasteiger partial charge in [-0.25, -0.2) is 0 Å². The van der Waals surface area contributed by atoms with Crippen LogP contribution in [0.5, 0.6) is 0 Å². The van der Waals surface area contributed by atoms with Gasteiger partial charge in [0.2, 0.25) is 0 Å². The molecule has 0 atom stereocenters. The molecule has 0 unspecified atom stereocenters. The summed E-state index contributed by atoms with van der Waals surface area (Å²) in [5.41, 5.74) is 2.78. The van der Waals surface area contributed by atoms with Crippen LogP contribution in [0.3, 0.4) is 0 Å². The average molecular weight is 116 g/mol. The molecule has 0 saturated heterocycles. The third-order valence-corrected chi connectivity index (χ3v) is 1.49. The van der Waals surface area contributed by atoms with Crippen LogP contribution in [-0.2, 0) is 6.32 Å². The second-order valence-electron chi connectivity index (χ2n) is 2.34. The van der Waals surface area contributed by atoms with Gasteiger partial charge in [-0.2, -0.15) is 0 Å². The molecule has 2 heteroatoms. The van der Waals surface area contributed by atoms with Gasteiger partial charge in [0.25, 0.3) is 0 Å². The van der Waals surface area contributed by atoms with Crippen LogP contribution in [0.2, 0.25) is 0 Å². The Morgan fingerprint density at radius 3 is 2.56 bits per heavy atom. The minimum Gasteiger partial charge on any atom is -0.0887 e. The molecule has 0 aliphatic carbocycles. The van der Waals surface area contributed by atoms with E-state index in [4.69, 9.17) is 0 Å². The highest BCUT2D eigenvalue weighted by Gasteiger charge is 1.86. The summed E-state index contributed by atoms with van der Waals surface area (Å²) >= 11 is 0. The molecule has 0 saturated carbocycles. The van der Waals surface area contributed by atoms with Gasteiger partial charge in [0.05, 0.1) is 0 Å². The fourth-order valence-corrected chi connectivity index (χ4v) is 0.932. The first-order valence-electron chi connectivity index (χ1n) is 3.38. The molecule has 0 N–H and O–H groups in total. The van der Waals surface area contributed by atoms with Crippen molar-refractivity contribution in [3.05, 3.63) is 29.8 Å². The lowest BCUT2D eigenvalue weighted by Gasteiger charge is -1.95. The van der Waals surface area contributed by atoms with E-state index in [1.54, 1.807) is 0 Å². The maximum absolute atomic E-state index is 2.22. The molecule has 9 heavy (non-hydrogen) atoms. The molecule has 0 nitrogen and oxygen atoms in total. The Balaban J connectivity index is 2.94. The SMILES string of the molecule is BCc1cccc(B)c1. The Bertz CT molecular complexity index is 196. The van der Waals surface area contributed by atoms with Gasteiger partial charge in [0.1, 0.15) is 15.7 Å². The Hall–Kier alpha value is -0.650. The van der Waals surface area contributed by atoms with E-state index in [1.807, 2.05) is 0 Å². The smallest absolute Gasteiger partial charge is 0.0887 e. The largest absolute Gasteiger partial charge is 0.139 e. The molecule has 44 valence electrons. The van der Waals surface area contributed by atoms with Gasteiger partial charge in [-0.15, -0.1) is 0 Å².